The van der Waals surface area contributed by atoms with Crippen molar-refractivity contribution in [2.45, 2.75) is 57.7 Å². The van der Waals surface area contributed by atoms with E-state index in [4.69, 9.17) is 11.3 Å². The monoisotopic (exact) mass is 527 g/mol. The third-order valence-corrected chi connectivity index (χ3v) is 8.05. The number of hydrogen-bond donors (Lipinski definition) is 1. The van der Waals surface area contributed by atoms with Crippen LogP contribution in [-0.4, -0.2) is 64.5 Å². The van der Waals surface area contributed by atoms with E-state index in [2.05, 4.69) is 55.8 Å². The smallest absolute Gasteiger partial charge is 0.254 e. The maximum absolute atomic E-state index is 14.3. The molecule has 204 valence electrons. The van der Waals surface area contributed by atoms with Gasteiger partial charge in [-0.25, -0.2) is 9.83 Å². The van der Waals surface area contributed by atoms with E-state index in [-0.39, 0.29) is 17.4 Å². The predicted octanol–water partition coefficient (Wildman–Crippen LogP) is 5.02. The van der Waals surface area contributed by atoms with E-state index in [1.807, 2.05) is 38.1 Å². The average molecular weight is 528 g/mol. The molecular weight excluding hydrogens is 490 g/mol. The van der Waals surface area contributed by atoms with Crippen LogP contribution in [0.3, 0.4) is 0 Å². The number of carbonyl (C=O) groups is 1. The Hall–Kier alpha value is -3.90. The molecule has 0 bridgehead atoms. The molecule has 9 heteroatoms. The Bertz CT molecular complexity index is 1420. The lowest BCUT2D eigenvalue weighted by atomic mass is 9.60. The number of hydrogen-bond acceptors (Lipinski definition) is 6. The number of ether oxygens (including phenoxy) is 1. The summed E-state index contributed by atoms with van der Waals surface area (Å²) in [6.07, 6.45) is 8.59. The fourth-order valence-electron chi connectivity index (χ4n) is 6.13. The van der Waals surface area contributed by atoms with E-state index in [0.29, 0.717) is 31.1 Å². The highest BCUT2D eigenvalue weighted by atomic mass is 16.5. The van der Waals surface area contributed by atoms with E-state index in [1.54, 1.807) is 12.4 Å². The minimum Gasteiger partial charge on any atom is -0.505 e. The molecule has 0 radical (unpaired) electrons. The lowest BCUT2D eigenvalue weighted by Crippen LogP contribution is -2.54. The van der Waals surface area contributed by atoms with Crippen LogP contribution in [0.25, 0.3) is 4.85 Å². The van der Waals surface area contributed by atoms with Gasteiger partial charge < -0.3 is 24.4 Å². The first-order chi connectivity index (χ1) is 18.8. The lowest BCUT2D eigenvalue weighted by molar-refractivity contribution is 0.0482. The Morgan fingerprint density at radius 2 is 2.05 bits per heavy atom. The zero-order valence-electron chi connectivity index (χ0n) is 23.5. The zero-order valence-corrected chi connectivity index (χ0v) is 23.5. The van der Waals surface area contributed by atoms with Crippen LogP contribution >= 0.6 is 0 Å². The van der Waals surface area contributed by atoms with Crippen LogP contribution in [0.4, 0.5) is 11.6 Å². The van der Waals surface area contributed by atoms with Crippen molar-refractivity contribution in [1.82, 2.24) is 24.3 Å². The molecule has 3 heterocycles. The molecule has 0 saturated heterocycles. The Morgan fingerprint density at radius 1 is 1.26 bits per heavy atom. The van der Waals surface area contributed by atoms with Crippen molar-refractivity contribution in [2.75, 3.05) is 39.6 Å². The van der Waals surface area contributed by atoms with Crippen molar-refractivity contribution in [3.8, 4) is 5.75 Å². The number of pyridine rings is 1. The van der Waals surface area contributed by atoms with Gasteiger partial charge in [0.15, 0.2) is 0 Å². The van der Waals surface area contributed by atoms with Gasteiger partial charge in [-0.3, -0.25) is 9.78 Å². The molecule has 5 rings (SSSR count). The minimum atomic E-state index is -0.257. The summed E-state index contributed by atoms with van der Waals surface area (Å²) < 4.78 is 7.79. The van der Waals surface area contributed by atoms with E-state index < -0.39 is 0 Å². The van der Waals surface area contributed by atoms with Gasteiger partial charge in [0.2, 0.25) is 11.6 Å². The first-order valence-corrected chi connectivity index (χ1v) is 13.6. The lowest BCUT2D eigenvalue weighted by Gasteiger charge is -2.52. The third kappa shape index (κ3) is 4.85. The molecule has 2 aliphatic rings. The number of imidazole rings is 1. The molecule has 0 unspecified atom stereocenters. The number of rotatable bonds is 9. The normalized spacial score (nSPS) is 16.5. The van der Waals surface area contributed by atoms with Gasteiger partial charge in [-0.2, -0.15) is 0 Å². The highest BCUT2D eigenvalue weighted by molar-refractivity contribution is 5.98. The summed E-state index contributed by atoms with van der Waals surface area (Å²) in [5, 5.41) is 3.14. The van der Waals surface area contributed by atoms with Crippen LogP contribution in [0, 0.1) is 6.57 Å². The minimum absolute atomic E-state index is 0.0327. The van der Waals surface area contributed by atoms with Gasteiger partial charge in [0, 0.05) is 49.7 Å². The molecule has 1 aliphatic carbocycles. The van der Waals surface area contributed by atoms with Gasteiger partial charge in [-0.1, -0.05) is 12.5 Å². The van der Waals surface area contributed by atoms with Crippen LogP contribution < -0.4 is 10.1 Å². The van der Waals surface area contributed by atoms with Crippen molar-refractivity contribution >= 4 is 17.5 Å². The molecule has 1 saturated carbocycles. The molecular formula is C30H37N7O2. The van der Waals surface area contributed by atoms with Crippen LogP contribution in [0.5, 0.6) is 5.75 Å². The molecule has 9 nitrogen and oxygen atoms in total. The summed E-state index contributed by atoms with van der Waals surface area (Å²) in [4.78, 5) is 31.0. The van der Waals surface area contributed by atoms with Crippen LogP contribution in [0.1, 0.15) is 71.9 Å². The fraction of sp³-hybridized carbons (Fsp3) is 0.467. The fourth-order valence-corrected chi connectivity index (χ4v) is 6.13. The summed E-state index contributed by atoms with van der Waals surface area (Å²) in [6, 6.07) is 5.94. The largest absolute Gasteiger partial charge is 0.505 e. The molecule has 1 aliphatic heterocycles. The van der Waals surface area contributed by atoms with Gasteiger partial charge in [0.25, 0.3) is 5.91 Å². The SMILES string of the molecule is [C-]#[N+]c1cnc([C@@H](C)N2CC3(CCC3)c3c(CN(C)C)cc(Cn4ccnc4NC)cc3C2=O)cc1OCC. The number of aromatic nitrogens is 3. The number of benzene rings is 1. The average Bonchev–Trinajstić information content (AvgIpc) is 3.34. The predicted molar refractivity (Wildman–Crippen MR) is 151 cm³/mol. The number of anilines is 1. The summed E-state index contributed by atoms with van der Waals surface area (Å²) in [5.41, 5.74) is 5.41. The second-order valence-electron chi connectivity index (χ2n) is 10.9. The number of carbonyl (C=O) groups excluding carboxylic acids is 1. The van der Waals surface area contributed by atoms with Gasteiger partial charge in [-0.05, 0) is 69.6 Å². The Labute approximate surface area is 230 Å². The standard InChI is InChI=1S/C30H37N7O2/c1-7-39-26-15-24(34-16-25(26)31-3)20(2)37-19-30(9-8-10-30)27-22(18-35(5)6)13-21(14-23(27)28(37)38)17-36-12-11-33-29(36)32-4/h11-16,20H,7-10,17-19H2,1-2,4-6H3,(H,32,33)/t20-/m1/s1. The number of nitrogens with one attached hydrogen (secondary N) is 1. The molecule has 1 aromatic carbocycles. The zero-order chi connectivity index (χ0) is 27.7. The molecule has 3 aromatic rings. The van der Waals surface area contributed by atoms with Crippen LogP contribution in [0.15, 0.2) is 36.8 Å². The quantitative estimate of drug-likeness (QED) is 0.394. The van der Waals surface area contributed by atoms with Crippen molar-refractivity contribution in [3.63, 3.8) is 0 Å². The summed E-state index contributed by atoms with van der Waals surface area (Å²) in [6.45, 7) is 13.9. The summed E-state index contributed by atoms with van der Waals surface area (Å²) >= 11 is 0. The number of nitrogens with zero attached hydrogens (tertiary/aromatic N) is 6. The van der Waals surface area contributed by atoms with Crippen molar-refractivity contribution in [2.24, 2.45) is 0 Å². The molecule has 1 amide bonds. The molecule has 39 heavy (non-hydrogen) atoms. The highest BCUT2D eigenvalue weighted by Gasteiger charge is 2.49. The summed E-state index contributed by atoms with van der Waals surface area (Å²) in [5.74, 6) is 1.34. The molecule has 1 N–H and O–H groups in total. The third-order valence-electron chi connectivity index (χ3n) is 8.05. The second kappa shape index (κ2) is 10.7. The van der Waals surface area contributed by atoms with Crippen molar-refractivity contribution in [3.05, 3.63) is 76.2 Å². The Morgan fingerprint density at radius 3 is 2.69 bits per heavy atom. The van der Waals surface area contributed by atoms with E-state index >= 15 is 0 Å². The van der Waals surface area contributed by atoms with Gasteiger partial charge >= 0.3 is 0 Å². The van der Waals surface area contributed by atoms with Crippen molar-refractivity contribution in [1.29, 1.82) is 0 Å². The molecule has 2 aromatic heterocycles. The van der Waals surface area contributed by atoms with E-state index in [0.717, 1.165) is 48.6 Å². The molecule has 1 atom stereocenters. The second-order valence-corrected chi connectivity index (χ2v) is 10.9. The van der Waals surface area contributed by atoms with Gasteiger partial charge in [0.1, 0.15) is 5.75 Å². The van der Waals surface area contributed by atoms with Gasteiger partial charge in [-0.15, -0.1) is 0 Å². The molecule has 1 fully saturated rings. The maximum Gasteiger partial charge on any atom is 0.254 e. The topological polar surface area (TPSA) is 79.9 Å². The summed E-state index contributed by atoms with van der Waals surface area (Å²) in [7, 11) is 6.02. The van der Waals surface area contributed by atoms with Crippen LogP contribution in [0.2, 0.25) is 0 Å². The van der Waals surface area contributed by atoms with E-state index in [1.165, 1.54) is 11.1 Å². The number of fused-ring (bicyclic) bond motifs is 2. The molecule has 1 spiro atoms. The van der Waals surface area contributed by atoms with Crippen molar-refractivity contribution < 1.29 is 9.53 Å². The first kappa shape index (κ1) is 26.7. The Balaban J connectivity index is 1.58. The van der Waals surface area contributed by atoms with E-state index in [9.17, 15) is 4.79 Å². The maximum atomic E-state index is 14.3. The van der Waals surface area contributed by atoms with Crippen LogP contribution in [-0.2, 0) is 18.5 Å². The van der Waals surface area contributed by atoms with Gasteiger partial charge in [0.05, 0.1) is 31.5 Å². The first-order valence-electron chi connectivity index (χ1n) is 13.6. The highest BCUT2D eigenvalue weighted by Crippen LogP contribution is 2.51. The Kier molecular flexibility index (Phi) is 7.32. The number of amides is 1.